The summed E-state index contributed by atoms with van der Waals surface area (Å²) in [6.07, 6.45) is 5.54. The van der Waals surface area contributed by atoms with Crippen LogP contribution < -0.4 is 4.74 Å². The zero-order valence-corrected chi connectivity index (χ0v) is 22.7. The lowest BCUT2D eigenvalue weighted by Crippen LogP contribution is -2.54. The number of hydrogen-bond acceptors (Lipinski definition) is 5. The lowest BCUT2D eigenvalue weighted by molar-refractivity contribution is -0.0355. The third kappa shape index (κ3) is 5.88. The maximum atomic E-state index is 15.0. The molecular weight excluding hydrogens is 487 g/mol. The molecule has 0 atom stereocenters. The van der Waals surface area contributed by atoms with E-state index < -0.39 is 15.7 Å². The molecule has 3 heterocycles. The van der Waals surface area contributed by atoms with Gasteiger partial charge in [-0.15, -0.1) is 0 Å². The summed E-state index contributed by atoms with van der Waals surface area (Å²) in [7, 11) is -3.55. The summed E-state index contributed by atoms with van der Waals surface area (Å²) in [4.78, 5) is 6.60. The molecule has 5 nitrogen and oxygen atoms in total. The Morgan fingerprint density at radius 3 is 2.38 bits per heavy atom. The van der Waals surface area contributed by atoms with E-state index in [2.05, 4.69) is 36.7 Å². The molecule has 196 valence electrons. The number of hydrogen-bond donors (Lipinski definition) is 0. The van der Waals surface area contributed by atoms with Gasteiger partial charge in [0.05, 0.1) is 17.2 Å². The summed E-state index contributed by atoms with van der Waals surface area (Å²) in [6, 6.07) is 16.0. The zero-order valence-electron chi connectivity index (χ0n) is 21.8. The molecule has 1 saturated heterocycles. The SMILES string of the molecule is CC(C)(C)N1CCC2(CCc3cc(-c4ccc(CS(=O)(=O)Cc5ccccn5)c(F)c4)ccc3O2)CC1. The lowest BCUT2D eigenvalue weighted by Gasteiger charge is -2.48. The molecule has 3 aromatic rings. The van der Waals surface area contributed by atoms with Crippen LogP contribution in [0.3, 0.4) is 0 Å². The van der Waals surface area contributed by atoms with Crippen LogP contribution >= 0.6 is 0 Å². The molecule has 2 aliphatic heterocycles. The van der Waals surface area contributed by atoms with Crippen LogP contribution in [0.5, 0.6) is 5.75 Å². The smallest absolute Gasteiger partial charge is 0.160 e. The number of likely N-dealkylation sites (tertiary alicyclic amines) is 1. The number of aromatic nitrogens is 1. The summed E-state index contributed by atoms with van der Waals surface area (Å²) in [5.74, 6) is -0.157. The van der Waals surface area contributed by atoms with Crippen LogP contribution in [0.4, 0.5) is 4.39 Å². The summed E-state index contributed by atoms with van der Waals surface area (Å²) < 4.78 is 46.8. The van der Waals surface area contributed by atoms with E-state index in [1.165, 1.54) is 6.07 Å². The minimum atomic E-state index is -3.55. The average Bonchev–Trinajstić information content (AvgIpc) is 2.85. The highest BCUT2D eigenvalue weighted by Crippen LogP contribution is 2.41. The molecule has 1 spiro atoms. The third-order valence-electron chi connectivity index (χ3n) is 7.72. The van der Waals surface area contributed by atoms with Crippen molar-refractivity contribution in [2.75, 3.05) is 13.1 Å². The highest BCUT2D eigenvalue weighted by Gasteiger charge is 2.41. The van der Waals surface area contributed by atoms with Crippen molar-refractivity contribution < 1.29 is 17.5 Å². The number of piperidine rings is 1. The van der Waals surface area contributed by atoms with Crippen molar-refractivity contribution in [3.8, 4) is 16.9 Å². The first kappa shape index (κ1) is 25.9. The van der Waals surface area contributed by atoms with Crippen LogP contribution in [-0.2, 0) is 27.8 Å². The van der Waals surface area contributed by atoms with Crippen LogP contribution in [0.2, 0.25) is 0 Å². The Bertz CT molecular complexity index is 1380. The van der Waals surface area contributed by atoms with Crippen molar-refractivity contribution in [3.05, 3.63) is 83.4 Å². The molecule has 0 bridgehead atoms. The first-order chi connectivity index (χ1) is 17.5. The molecule has 5 rings (SSSR count). The topological polar surface area (TPSA) is 59.5 Å². The first-order valence-corrected chi connectivity index (χ1v) is 14.8. The maximum absolute atomic E-state index is 15.0. The van der Waals surface area contributed by atoms with E-state index in [1.54, 1.807) is 36.5 Å². The van der Waals surface area contributed by atoms with Gasteiger partial charge in [0.1, 0.15) is 17.2 Å². The molecule has 2 aliphatic rings. The Labute approximate surface area is 219 Å². The number of benzene rings is 2. The summed E-state index contributed by atoms with van der Waals surface area (Å²) in [6.45, 7) is 8.88. The second kappa shape index (κ2) is 9.84. The number of rotatable bonds is 5. The fourth-order valence-corrected chi connectivity index (χ4v) is 6.91. The Morgan fingerprint density at radius 2 is 1.70 bits per heavy atom. The largest absolute Gasteiger partial charge is 0.487 e. The first-order valence-electron chi connectivity index (χ1n) is 13.0. The molecular formula is C30H35FN2O3S. The molecule has 0 N–H and O–H groups in total. The third-order valence-corrected chi connectivity index (χ3v) is 9.20. The van der Waals surface area contributed by atoms with Gasteiger partial charge in [-0.2, -0.15) is 0 Å². The van der Waals surface area contributed by atoms with Gasteiger partial charge in [0.25, 0.3) is 0 Å². The molecule has 0 radical (unpaired) electrons. The molecule has 1 aromatic heterocycles. The highest BCUT2D eigenvalue weighted by molar-refractivity contribution is 7.89. The summed E-state index contributed by atoms with van der Waals surface area (Å²) >= 11 is 0. The summed E-state index contributed by atoms with van der Waals surface area (Å²) in [5, 5.41) is 0. The van der Waals surface area contributed by atoms with Crippen molar-refractivity contribution in [2.45, 2.75) is 69.1 Å². The lowest BCUT2D eigenvalue weighted by atomic mass is 9.81. The zero-order chi connectivity index (χ0) is 26.3. The minimum Gasteiger partial charge on any atom is -0.487 e. The van der Waals surface area contributed by atoms with Gasteiger partial charge in [-0.1, -0.05) is 24.3 Å². The number of ether oxygens (including phenoxy) is 1. The number of pyridine rings is 1. The van der Waals surface area contributed by atoms with E-state index in [-0.39, 0.29) is 28.2 Å². The fourth-order valence-electron chi connectivity index (χ4n) is 5.48. The Balaban J connectivity index is 1.28. The van der Waals surface area contributed by atoms with Crippen LogP contribution in [0.15, 0.2) is 60.8 Å². The standard InChI is InChI=1S/C30H35FN2O3S/c1-29(2,3)33-16-13-30(14-17-33)12-11-24-18-22(9-10-28(24)36-30)23-7-8-25(27(31)19-23)20-37(34,35)21-26-6-4-5-15-32-26/h4-10,15,18-19H,11-14,16-17,20-21H2,1-3H3. The molecule has 0 saturated carbocycles. The quantitative estimate of drug-likeness (QED) is 0.414. The Morgan fingerprint density at radius 1 is 0.973 bits per heavy atom. The van der Waals surface area contributed by atoms with Crippen molar-refractivity contribution in [1.29, 1.82) is 0 Å². The predicted octanol–water partition coefficient (Wildman–Crippen LogP) is 5.96. The van der Waals surface area contributed by atoms with Gasteiger partial charge in [0.2, 0.25) is 0 Å². The van der Waals surface area contributed by atoms with Gasteiger partial charge < -0.3 is 4.74 Å². The van der Waals surface area contributed by atoms with E-state index in [0.717, 1.165) is 61.2 Å². The number of aryl methyl sites for hydroxylation is 1. The minimum absolute atomic E-state index is 0.0925. The second-order valence-electron chi connectivity index (χ2n) is 11.4. The van der Waals surface area contributed by atoms with Crippen LogP contribution in [0.1, 0.15) is 56.9 Å². The van der Waals surface area contributed by atoms with Gasteiger partial charge in [-0.25, -0.2) is 12.8 Å². The molecule has 2 aromatic carbocycles. The maximum Gasteiger partial charge on any atom is 0.160 e. The number of sulfone groups is 1. The van der Waals surface area contributed by atoms with Gasteiger partial charge in [-0.3, -0.25) is 9.88 Å². The van der Waals surface area contributed by atoms with Gasteiger partial charge >= 0.3 is 0 Å². The molecule has 0 amide bonds. The van der Waals surface area contributed by atoms with Gasteiger partial charge in [0, 0.05) is 30.4 Å². The van der Waals surface area contributed by atoms with Crippen LogP contribution in [0.25, 0.3) is 11.1 Å². The van der Waals surface area contributed by atoms with E-state index in [1.807, 2.05) is 12.1 Å². The number of fused-ring (bicyclic) bond motifs is 1. The van der Waals surface area contributed by atoms with Crippen molar-refractivity contribution >= 4 is 9.84 Å². The monoisotopic (exact) mass is 522 g/mol. The van der Waals surface area contributed by atoms with Crippen molar-refractivity contribution in [2.24, 2.45) is 0 Å². The summed E-state index contributed by atoms with van der Waals surface area (Å²) in [5.41, 5.74) is 3.49. The van der Waals surface area contributed by atoms with Crippen molar-refractivity contribution in [3.63, 3.8) is 0 Å². The molecule has 0 aliphatic carbocycles. The Kier molecular flexibility index (Phi) is 6.88. The molecule has 1 fully saturated rings. The van der Waals surface area contributed by atoms with E-state index in [4.69, 9.17) is 4.74 Å². The van der Waals surface area contributed by atoms with Gasteiger partial charge in [-0.05, 0) is 93.5 Å². The molecule has 37 heavy (non-hydrogen) atoms. The normalized spacial score (nSPS) is 17.8. The van der Waals surface area contributed by atoms with Crippen molar-refractivity contribution in [1.82, 2.24) is 9.88 Å². The van der Waals surface area contributed by atoms with Crippen LogP contribution in [0, 0.1) is 5.82 Å². The van der Waals surface area contributed by atoms with Crippen LogP contribution in [-0.4, -0.2) is 42.5 Å². The second-order valence-corrected chi connectivity index (χ2v) is 13.5. The average molecular weight is 523 g/mol. The molecule has 7 heteroatoms. The predicted molar refractivity (Wildman–Crippen MR) is 145 cm³/mol. The highest BCUT2D eigenvalue weighted by atomic mass is 32.2. The van der Waals surface area contributed by atoms with E-state index in [0.29, 0.717) is 5.69 Å². The van der Waals surface area contributed by atoms with E-state index >= 15 is 0 Å². The van der Waals surface area contributed by atoms with E-state index in [9.17, 15) is 12.8 Å². The number of nitrogens with zero attached hydrogens (tertiary/aromatic N) is 2. The fraction of sp³-hybridized carbons (Fsp3) is 0.433. The Hall–Kier alpha value is -2.77. The number of halogens is 1. The van der Waals surface area contributed by atoms with Gasteiger partial charge in [0.15, 0.2) is 9.84 Å². The molecule has 0 unspecified atom stereocenters.